The number of carbonyl (C=O) groups excluding carboxylic acids is 3. The summed E-state index contributed by atoms with van der Waals surface area (Å²) in [6.07, 6.45) is 91.1. The molecule has 1 atom stereocenters. The third-order valence-electron chi connectivity index (χ3n) is 16.3. The van der Waals surface area contributed by atoms with Crippen LogP contribution < -0.4 is 0 Å². The van der Waals surface area contributed by atoms with E-state index < -0.39 is 6.10 Å². The molecule has 0 aromatic heterocycles. The van der Waals surface area contributed by atoms with E-state index in [1.807, 2.05) is 0 Å². The Morgan fingerprint density at radius 2 is 0.476 bits per heavy atom. The summed E-state index contributed by atoms with van der Waals surface area (Å²) in [7, 11) is 0. The van der Waals surface area contributed by atoms with Gasteiger partial charge in [-0.1, -0.05) is 364 Å². The minimum absolute atomic E-state index is 0.0771. The average Bonchev–Trinajstić information content (AvgIpc) is 3.47. The highest BCUT2D eigenvalue weighted by atomic mass is 16.6. The van der Waals surface area contributed by atoms with Crippen molar-refractivity contribution < 1.29 is 28.6 Å². The van der Waals surface area contributed by atoms with Crippen LogP contribution in [0.15, 0.2) is 60.8 Å². The molecule has 0 amide bonds. The van der Waals surface area contributed by atoms with E-state index >= 15 is 0 Å². The highest BCUT2D eigenvalue weighted by Gasteiger charge is 2.19. The van der Waals surface area contributed by atoms with Gasteiger partial charge in [-0.3, -0.25) is 14.4 Å². The van der Waals surface area contributed by atoms with Crippen LogP contribution in [0.2, 0.25) is 0 Å². The molecule has 0 aliphatic rings. The molecule has 478 valence electrons. The molecule has 6 nitrogen and oxygen atoms in total. The second-order valence-corrected chi connectivity index (χ2v) is 24.5. The first-order valence-corrected chi connectivity index (χ1v) is 36.3. The molecule has 82 heavy (non-hydrogen) atoms. The molecular weight excluding hydrogens is 1010 g/mol. The molecule has 0 spiro atoms. The number of hydrogen-bond acceptors (Lipinski definition) is 6. The summed E-state index contributed by atoms with van der Waals surface area (Å²) in [5, 5.41) is 0. The molecule has 0 fully saturated rings. The SMILES string of the molecule is CC/C=C\C/C=C\C/C=C\C/C=C\C/C=C\CCCCCCCC(=O)OC(COC(=O)CCCCCCCCCCCCCCCCCCCCCCC)COC(=O)CCCCCCCCCCCCCCCCCCCCCCCC. The quantitative estimate of drug-likeness (QED) is 0.0261. The van der Waals surface area contributed by atoms with Crippen LogP contribution in [0.25, 0.3) is 0 Å². The number of rotatable bonds is 67. The largest absolute Gasteiger partial charge is 0.462 e. The van der Waals surface area contributed by atoms with E-state index in [-0.39, 0.29) is 31.1 Å². The van der Waals surface area contributed by atoms with Crippen molar-refractivity contribution in [3.05, 3.63) is 60.8 Å². The van der Waals surface area contributed by atoms with E-state index in [9.17, 15) is 14.4 Å². The van der Waals surface area contributed by atoms with Crippen LogP contribution in [0.3, 0.4) is 0 Å². The normalized spacial score (nSPS) is 12.4. The molecule has 0 radical (unpaired) electrons. The second-order valence-electron chi connectivity index (χ2n) is 24.5. The van der Waals surface area contributed by atoms with Crippen molar-refractivity contribution in [2.75, 3.05) is 13.2 Å². The second kappa shape index (κ2) is 70.6. The van der Waals surface area contributed by atoms with Crippen LogP contribution in [-0.2, 0) is 28.6 Å². The van der Waals surface area contributed by atoms with Gasteiger partial charge in [0.15, 0.2) is 6.10 Å². The molecule has 0 saturated heterocycles. The summed E-state index contributed by atoms with van der Waals surface area (Å²) >= 11 is 0. The first-order chi connectivity index (χ1) is 40.5. The molecule has 0 aliphatic carbocycles. The number of allylic oxidation sites excluding steroid dienone is 10. The standard InChI is InChI=1S/C76H138O6/c1-4-7-10-13-16-19-22-25-28-31-34-37-40-42-45-48-51-54-57-60-63-66-69-75(78)81-72-73(82-76(79)70-67-64-61-58-55-52-49-46-43-39-36-33-30-27-24-21-18-15-12-9-6-3)71-80-74(77)68-65-62-59-56-53-50-47-44-41-38-35-32-29-26-23-20-17-14-11-8-5-2/h9,12,18,21,27,30,36,39,46,49,73H,4-8,10-11,13-17,19-20,22-26,28-29,31-35,37-38,40-45,47-48,50-72H2,1-3H3/b12-9-,21-18-,30-27-,39-36-,49-46-. The topological polar surface area (TPSA) is 78.9 Å². The Bertz CT molecular complexity index is 1460. The van der Waals surface area contributed by atoms with Crippen LogP contribution in [-0.4, -0.2) is 37.2 Å². The number of esters is 3. The van der Waals surface area contributed by atoms with Gasteiger partial charge in [-0.05, 0) is 64.2 Å². The lowest BCUT2D eigenvalue weighted by atomic mass is 10.0. The molecule has 1 unspecified atom stereocenters. The van der Waals surface area contributed by atoms with Crippen molar-refractivity contribution in [2.24, 2.45) is 0 Å². The molecule has 0 rings (SSSR count). The van der Waals surface area contributed by atoms with E-state index in [1.165, 1.54) is 238 Å². The Balaban J connectivity index is 4.35. The van der Waals surface area contributed by atoms with E-state index in [0.29, 0.717) is 19.3 Å². The van der Waals surface area contributed by atoms with Crippen molar-refractivity contribution >= 4 is 17.9 Å². The molecule has 0 saturated carbocycles. The van der Waals surface area contributed by atoms with Gasteiger partial charge in [-0.2, -0.15) is 0 Å². The zero-order valence-electron chi connectivity index (χ0n) is 55.0. The molecule has 0 aromatic carbocycles. The molecule has 0 heterocycles. The number of ether oxygens (including phenoxy) is 3. The lowest BCUT2D eigenvalue weighted by molar-refractivity contribution is -0.167. The van der Waals surface area contributed by atoms with Crippen molar-refractivity contribution in [1.29, 1.82) is 0 Å². The first kappa shape index (κ1) is 79.1. The fraction of sp³-hybridized carbons (Fsp3) is 0.829. The summed E-state index contributed by atoms with van der Waals surface area (Å²) < 4.78 is 17.0. The Labute approximate surface area is 510 Å². The Morgan fingerprint density at radius 3 is 0.744 bits per heavy atom. The Kier molecular flexibility index (Phi) is 68.1. The maximum Gasteiger partial charge on any atom is 0.306 e. The third kappa shape index (κ3) is 67.9. The van der Waals surface area contributed by atoms with Gasteiger partial charge in [0.2, 0.25) is 0 Å². The van der Waals surface area contributed by atoms with Gasteiger partial charge < -0.3 is 14.2 Å². The first-order valence-electron chi connectivity index (χ1n) is 36.3. The van der Waals surface area contributed by atoms with Crippen molar-refractivity contribution in [3.8, 4) is 0 Å². The maximum absolute atomic E-state index is 13.0. The summed E-state index contributed by atoms with van der Waals surface area (Å²) in [5.74, 6) is -0.867. The maximum atomic E-state index is 13.0. The highest BCUT2D eigenvalue weighted by Crippen LogP contribution is 2.19. The number of unbranched alkanes of at least 4 members (excludes halogenated alkanes) is 46. The fourth-order valence-corrected chi connectivity index (χ4v) is 10.9. The van der Waals surface area contributed by atoms with E-state index in [0.717, 1.165) is 109 Å². The molecular formula is C76H138O6. The molecule has 0 N–H and O–H groups in total. The number of hydrogen-bond donors (Lipinski definition) is 0. The van der Waals surface area contributed by atoms with E-state index in [4.69, 9.17) is 14.2 Å². The van der Waals surface area contributed by atoms with Crippen LogP contribution in [0.5, 0.6) is 0 Å². The minimum atomic E-state index is -0.784. The van der Waals surface area contributed by atoms with Crippen molar-refractivity contribution in [3.63, 3.8) is 0 Å². The van der Waals surface area contributed by atoms with Gasteiger partial charge in [0.1, 0.15) is 13.2 Å². The number of carbonyl (C=O) groups is 3. The fourth-order valence-electron chi connectivity index (χ4n) is 10.9. The van der Waals surface area contributed by atoms with Gasteiger partial charge in [-0.25, -0.2) is 0 Å². The lowest BCUT2D eigenvalue weighted by Gasteiger charge is -2.18. The average molecular weight is 1150 g/mol. The van der Waals surface area contributed by atoms with Gasteiger partial charge in [0, 0.05) is 19.3 Å². The summed E-state index contributed by atoms with van der Waals surface area (Å²) in [6, 6.07) is 0. The monoisotopic (exact) mass is 1150 g/mol. The highest BCUT2D eigenvalue weighted by molar-refractivity contribution is 5.71. The predicted molar refractivity (Wildman–Crippen MR) is 358 cm³/mol. The van der Waals surface area contributed by atoms with Crippen LogP contribution in [0, 0.1) is 0 Å². The van der Waals surface area contributed by atoms with Crippen molar-refractivity contribution in [2.45, 2.75) is 393 Å². The van der Waals surface area contributed by atoms with Crippen molar-refractivity contribution in [1.82, 2.24) is 0 Å². The Hall–Kier alpha value is -2.89. The van der Waals surface area contributed by atoms with E-state index in [2.05, 4.69) is 81.5 Å². The molecule has 0 bridgehead atoms. The summed E-state index contributed by atoms with van der Waals surface area (Å²) in [5.41, 5.74) is 0. The Morgan fingerprint density at radius 1 is 0.256 bits per heavy atom. The van der Waals surface area contributed by atoms with Gasteiger partial charge in [-0.15, -0.1) is 0 Å². The van der Waals surface area contributed by atoms with Crippen LogP contribution in [0.1, 0.15) is 387 Å². The smallest absolute Gasteiger partial charge is 0.306 e. The lowest BCUT2D eigenvalue weighted by Crippen LogP contribution is -2.30. The van der Waals surface area contributed by atoms with Crippen LogP contribution in [0.4, 0.5) is 0 Å². The molecule has 0 aromatic rings. The van der Waals surface area contributed by atoms with Crippen LogP contribution >= 0.6 is 0 Å². The van der Waals surface area contributed by atoms with Gasteiger partial charge in [0.05, 0.1) is 0 Å². The van der Waals surface area contributed by atoms with Gasteiger partial charge >= 0.3 is 17.9 Å². The summed E-state index contributed by atoms with van der Waals surface area (Å²) in [4.78, 5) is 38.5. The molecule has 0 aliphatic heterocycles. The minimum Gasteiger partial charge on any atom is -0.462 e. The zero-order chi connectivity index (χ0) is 59.2. The third-order valence-corrected chi connectivity index (χ3v) is 16.3. The summed E-state index contributed by atoms with van der Waals surface area (Å²) in [6.45, 7) is 6.59. The van der Waals surface area contributed by atoms with E-state index in [1.54, 1.807) is 0 Å². The predicted octanol–water partition coefficient (Wildman–Crippen LogP) is 25.1. The molecule has 6 heteroatoms. The van der Waals surface area contributed by atoms with Gasteiger partial charge in [0.25, 0.3) is 0 Å². The zero-order valence-corrected chi connectivity index (χ0v) is 55.0.